The zero-order chi connectivity index (χ0) is 14.2. The summed E-state index contributed by atoms with van der Waals surface area (Å²) in [6.45, 7) is 1.74. The average Bonchev–Trinajstić information content (AvgIpc) is 2.85. The summed E-state index contributed by atoms with van der Waals surface area (Å²) < 4.78 is 31.5. The van der Waals surface area contributed by atoms with E-state index in [2.05, 4.69) is 29.6 Å². The van der Waals surface area contributed by atoms with Crippen LogP contribution in [0.3, 0.4) is 0 Å². The minimum Gasteiger partial charge on any atom is -0.247 e. The van der Waals surface area contributed by atoms with Gasteiger partial charge < -0.3 is 0 Å². The van der Waals surface area contributed by atoms with E-state index in [1.54, 1.807) is 25.1 Å². The molecule has 0 aliphatic rings. The molecule has 0 unspecified atom stereocenters. The normalized spacial score (nSPS) is 11.7. The molecule has 9 heteroatoms. The lowest BCUT2D eigenvalue weighted by atomic mass is 10.3. The third-order valence-corrected chi connectivity index (χ3v) is 3.92. The van der Waals surface area contributed by atoms with Crippen LogP contribution in [0.4, 0.5) is 5.95 Å². The van der Waals surface area contributed by atoms with Crippen molar-refractivity contribution in [2.75, 3.05) is 4.72 Å². The van der Waals surface area contributed by atoms with E-state index in [-0.39, 0.29) is 16.4 Å². The molecule has 3 aromatic rings. The summed E-state index contributed by atoms with van der Waals surface area (Å²) >= 11 is 0. The maximum Gasteiger partial charge on any atom is 0.266 e. The van der Waals surface area contributed by atoms with E-state index in [0.717, 1.165) is 0 Å². The molecule has 0 saturated heterocycles. The molecule has 2 aromatic heterocycles. The van der Waals surface area contributed by atoms with Crippen molar-refractivity contribution in [1.82, 2.24) is 20.3 Å². The summed E-state index contributed by atoms with van der Waals surface area (Å²) in [6.07, 6.45) is 1.47. The number of nitrogens with zero attached hydrogens (tertiary/aromatic N) is 4. The van der Waals surface area contributed by atoms with Gasteiger partial charge in [-0.3, -0.25) is 0 Å². The summed E-state index contributed by atoms with van der Waals surface area (Å²) in [4.78, 5) is 7.81. The maximum absolute atomic E-state index is 12.3. The number of hydrogen-bond acceptors (Lipinski definition) is 7. The number of aromatic nitrogens is 4. The number of fused-ring (bicyclic) bond motifs is 1. The highest BCUT2D eigenvalue weighted by atomic mass is 32.2. The second kappa shape index (κ2) is 4.53. The molecule has 1 N–H and O–H groups in total. The monoisotopic (exact) mass is 291 g/mol. The lowest BCUT2D eigenvalue weighted by Crippen LogP contribution is -2.15. The first-order valence-electron chi connectivity index (χ1n) is 5.60. The highest BCUT2D eigenvalue weighted by Crippen LogP contribution is 2.21. The fraction of sp³-hybridized carbons (Fsp3) is 0.0909. The van der Waals surface area contributed by atoms with E-state index in [4.69, 9.17) is 0 Å². The van der Waals surface area contributed by atoms with Gasteiger partial charge in [-0.05, 0) is 35.4 Å². The van der Waals surface area contributed by atoms with Crippen LogP contribution in [0.2, 0.25) is 0 Å². The van der Waals surface area contributed by atoms with Crippen LogP contribution in [0.25, 0.3) is 11.0 Å². The zero-order valence-electron chi connectivity index (χ0n) is 10.3. The smallest absolute Gasteiger partial charge is 0.247 e. The van der Waals surface area contributed by atoms with E-state index in [9.17, 15) is 8.42 Å². The Hall–Kier alpha value is -2.55. The SMILES string of the molecule is Cc1ccnc(NS(=O)(=O)c2cccc3nonc23)n1. The van der Waals surface area contributed by atoms with E-state index in [1.807, 2.05) is 0 Å². The third kappa shape index (κ3) is 2.18. The Morgan fingerprint density at radius 3 is 2.85 bits per heavy atom. The number of nitrogens with one attached hydrogen (secondary N) is 1. The Morgan fingerprint density at radius 1 is 1.20 bits per heavy atom. The highest BCUT2D eigenvalue weighted by Gasteiger charge is 2.21. The Labute approximate surface area is 113 Å². The van der Waals surface area contributed by atoms with Crippen LogP contribution in [0.15, 0.2) is 40.0 Å². The molecule has 0 amide bonds. The Kier molecular flexibility index (Phi) is 2.83. The van der Waals surface area contributed by atoms with Gasteiger partial charge in [0.05, 0.1) is 0 Å². The lowest BCUT2D eigenvalue weighted by molar-refractivity contribution is 0.315. The van der Waals surface area contributed by atoms with Crippen molar-refractivity contribution in [1.29, 1.82) is 0 Å². The van der Waals surface area contributed by atoms with Gasteiger partial charge in [0.2, 0.25) is 5.95 Å². The fourth-order valence-corrected chi connectivity index (χ4v) is 2.77. The first kappa shape index (κ1) is 12.5. The van der Waals surface area contributed by atoms with E-state index < -0.39 is 10.0 Å². The predicted octanol–water partition coefficient (Wildman–Crippen LogP) is 1.12. The maximum atomic E-state index is 12.3. The van der Waals surface area contributed by atoms with Crippen molar-refractivity contribution < 1.29 is 13.0 Å². The first-order chi connectivity index (χ1) is 9.56. The standard InChI is InChI=1S/C11H9N5O3S/c1-7-5-6-12-11(13-7)16-20(17,18)9-4-2-3-8-10(9)15-19-14-8/h2-6H,1H3,(H,12,13,16). The second-order valence-corrected chi connectivity index (χ2v) is 5.67. The summed E-state index contributed by atoms with van der Waals surface area (Å²) in [5, 5.41) is 7.20. The van der Waals surface area contributed by atoms with Crippen LogP contribution in [0.1, 0.15) is 5.69 Å². The van der Waals surface area contributed by atoms with Gasteiger partial charge in [0.1, 0.15) is 10.4 Å². The van der Waals surface area contributed by atoms with Gasteiger partial charge in [-0.25, -0.2) is 27.7 Å². The number of benzene rings is 1. The molecule has 0 atom stereocenters. The summed E-state index contributed by atoms with van der Waals surface area (Å²) in [5.41, 5.74) is 1.17. The van der Waals surface area contributed by atoms with Gasteiger partial charge in [-0.2, -0.15) is 0 Å². The minimum atomic E-state index is -3.86. The zero-order valence-corrected chi connectivity index (χ0v) is 11.1. The van der Waals surface area contributed by atoms with Gasteiger partial charge in [-0.1, -0.05) is 6.07 Å². The van der Waals surface area contributed by atoms with E-state index >= 15 is 0 Å². The first-order valence-corrected chi connectivity index (χ1v) is 7.08. The van der Waals surface area contributed by atoms with Crippen molar-refractivity contribution in [2.45, 2.75) is 11.8 Å². The molecule has 20 heavy (non-hydrogen) atoms. The summed E-state index contributed by atoms with van der Waals surface area (Å²) in [7, 11) is -3.86. The third-order valence-electron chi connectivity index (χ3n) is 2.56. The Balaban J connectivity index is 2.06. The van der Waals surface area contributed by atoms with Gasteiger partial charge in [0.15, 0.2) is 5.52 Å². The molecule has 0 aliphatic carbocycles. The van der Waals surface area contributed by atoms with E-state index in [0.29, 0.717) is 11.2 Å². The summed E-state index contributed by atoms with van der Waals surface area (Å²) in [6, 6.07) is 6.23. The average molecular weight is 291 g/mol. The van der Waals surface area contributed by atoms with Crippen LogP contribution in [-0.4, -0.2) is 28.7 Å². The lowest BCUT2D eigenvalue weighted by Gasteiger charge is -2.06. The molecular formula is C11H9N5O3S. The molecule has 8 nitrogen and oxygen atoms in total. The van der Waals surface area contributed by atoms with Crippen LogP contribution in [0, 0.1) is 6.92 Å². The van der Waals surface area contributed by atoms with Crippen molar-refractivity contribution in [3.05, 3.63) is 36.2 Å². The molecule has 1 aromatic carbocycles. The molecule has 0 saturated carbocycles. The van der Waals surface area contributed by atoms with Gasteiger partial charge in [-0.15, -0.1) is 0 Å². The molecule has 0 fully saturated rings. The van der Waals surface area contributed by atoms with Crippen LogP contribution in [0.5, 0.6) is 0 Å². The number of aryl methyl sites for hydroxylation is 1. The number of hydrogen-bond donors (Lipinski definition) is 1. The quantitative estimate of drug-likeness (QED) is 0.769. The van der Waals surface area contributed by atoms with Gasteiger partial charge >= 0.3 is 0 Å². The molecular weight excluding hydrogens is 282 g/mol. The summed E-state index contributed by atoms with van der Waals surface area (Å²) in [5.74, 6) is -0.00143. The van der Waals surface area contributed by atoms with Gasteiger partial charge in [0, 0.05) is 11.9 Å². The van der Waals surface area contributed by atoms with Crippen molar-refractivity contribution in [3.8, 4) is 0 Å². The van der Waals surface area contributed by atoms with Crippen molar-refractivity contribution in [3.63, 3.8) is 0 Å². The molecule has 0 spiro atoms. The highest BCUT2D eigenvalue weighted by molar-refractivity contribution is 7.93. The molecule has 0 bridgehead atoms. The second-order valence-electron chi connectivity index (χ2n) is 4.02. The number of anilines is 1. The van der Waals surface area contributed by atoms with Crippen LogP contribution in [-0.2, 0) is 10.0 Å². The fourth-order valence-electron chi connectivity index (χ4n) is 1.67. The minimum absolute atomic E-state index is 0.00143. The van der Waals surface area contributed by atoms with Crippen molar-refractivity contribution in [2.24, 2.45) is 0 Å². The molecule has 3 rings (SSSR count). The van der Waals surface area contributed by atoms with Crippen LogP contribution < -0.4 is 4.72 Å². The van der Waals surface area contributed by atoms with Crippen LogP contribution >= 0.6 is 0 Å². The molecule has 102 valence electrons. The van der Waals surface area contributed by atoms with E-state index in [1.165, 1.54) is 12.3 Å². The van der Waals surface area contributed by atoms with Gasteiger partial charge in [0.25, 0.3) is 10.0 Å². The Morgan fingerprint density at radius 2 is 2.05 bits per heavy atom. The largest absolute Gasteiger partial charge is 0.266 e. The molecule has 0 radical (unpaired) electrons. The molecule has 2 heterocycles. The molecule has 0 aliphatic heterocycles. The Bertz CT molecular complexity index is 874. The van der Waals surface area contributed by atoms with Crippen molar-refractivity contribution >= 4 is 27.0 Å². The topological polar surface area (TPSA) is 111 Å². The number of rotatable bonds is 3. The number of sulfonamides is 1. The predicted molar refractivity (Wildman–Crippen MR) is 69.4 cm³/mol.